The third kappa shape index (κ3) is 4.85. The van der Waals surface area contributed by atoms with E-state index >= 15 is 0 Å². The van der Waals surface area contributed by atoms with Gasteiger partial charge in [0.25, 0.3) is 6.23 Å². The molecule has 3 aliphatic rings. The lowest BCUT2D eigenvalue weighted by Crippen LogP contribution is -2.63. The van der Waals surface area contributed by atoms with E-state index in [0.29, 0.717) is 5.69 Å². The van der Waals surface area contributed by atoms with Crippen LogP contribution in [0.25, 0.3) is 0 Å². The molecule has 0 bridgehead atoms. The molecule has 3 fully saturated rings. The Morgan fingerprint density at radius 3 is 2.59 bits per heavy atom. The van der Waals surface area contributed by atoms with Crippen LogP contribution in [-0.2, 0) is 42.1 Å². The molecule has 0 amide bonds. The predicted octanol–water partition coefficient (Wildman–Crippen LogP) is -3.55. The second kappa shape index (κ2) is 9.99. The molecule has 4 heterocycles. The van der Waals surface area contributed by atoms with Gasteiger partial charge in [0, 0.05) is 7.11 Å². The highest BCUT2D eigenvalue weighted by Crippen LogP contribution is 2.40. The van der Waals surface area contributed by atoms with E-state index in [-0.39, 0.29) is 13.2 Å². The van der Waals surface area contributed by atoms with E-state index in [0.717, 1.165) is 0 Å². The number of fused-ring (bicyclic) bond motifs is 1. The monoisotopic (exact) mass is 492 g/mol. The minimum Gasteiger partial charge on any atom is -0.394 e. The molecule has 0 saturated carbocycles. The molecule has 4 rings (SSSR count). The molecule has 3 aliphatic heterocycles. The standard InChI is InChI=1S/C20H34N3O11/c1-20(2)33-17-16(15(10(25)8-29-4)32-19(17)34-20)30-7-9-5-23(21-22(9)3)18-14(28)13(27)12(26)11(6-24)31-18/h5,10-19,24-28H,6-8H2,1-4H3/q+1/t10-,11-,12-,13+,14-,15-,16+,17-,18-,19-/m1/s1. The van der Waals surface area contributed by atoms with E-state index in [1.54, 1.807) is 27.1 Å². The Bertz CT molecular complexity index is 837. The largest absolute Gasteiger partial charge is 0.394 e. The molecule has 14 nitrogen and oxygen atoms in total. The Kier molecular flexibility index (Phi) is 7.57. The molecule has 1 aromatic heterocycles. The van der Waals surface area contributed by atoms with Crippen molar-refractivity contribution < 1.29 is 58.6 Å². The summed E-state index contributed by atoms with van der Waals surface area (Å²) in [5, 5.41) is 54.6. The number of hydrogen-bond donors (Lipinski definition) is 5. The lowest BCUT2D eigenvalue weighted by atomic mass is 9.98. The fraction of sp³-hybridized carbons (Fsp3) is 0.900. The lowest BCUT2D eigenvalue weighted by Gasteiger charge is -2.37. The first kappa shape index (κ1) is 25.8. The number of methoxy groups -OCH3 is 1. The minimum atomic E-state index is -1.52. The van der Waals surface area contributed by atoms with Crippen molar-refractivity contribution in [2.45, 2.75) is 87.6 Å². The smallest absolute Gasteiger partial charge is 0.253 e. The topological polar surface area (TPSA) is 178 Å². The number of aryl methyl sites for hydroxylation is 1. The maximum Gasteiger partial charge on any atom is 0.253 e. The Balaban J connectivity index is 1.48. The average Bonchev–Trinajstić information content (AvgIpc) is 3.40. The Hall–Kier alpha value is -1.30. The van der Waals surface area contributed by atoms with Crippen LogP contribution in [-0.4, -0.2) is 117 Å². The number of aliphatic hydroxyl groups excluding tert-OH is 5. The van der Waals surface area contributed by atoms with Crippen molar-refractivity contribution >= 4 is 0 Å². The lowest BCUT2D eigenvalue weighted by molar-refractivity contribution is -0.826. The Labute approximate surface area is 196 Å². The van der Waals surface area contributed by atoms with Gasteiger partial charge in [0.05, 0.1) is 18.4 Å². The van der Waals surface area contributed by atoms with Crippen LogP contribution in [0.1, 0.15) is 25.8 Å². The average molecular weight is 493 g/mol. The van der Waals surface area contributed by atoms with Gasteiger partial charge in [0.15, 0.2) is 30.1 Å². The fourth-order valence-corrected chi connectivity index (χ4v) is 4.48. The number of hydrogen-bond acceptors (Lipinski definition) is 12. The molecule has 34 heavy (non-hydrogen) atoms. The molecule has 14 heteroatoms. The third-order valence-corrected chi connectivity index (χ3v) is 6.23. The molecule has 0 aliphatic carbocycles. The van der Waals surface area contributed by atoms with Crippen molar-refractivity contribution in [2.75, 3.05) is 20.3 Å². The van der Waals surface area contributed by atoms with Crippen LogP contribution in [0.4, 0.5) is 0 Å². The van der Waals surface area contributed by atoms with Crippen molar-refractivity contribution in [3.63, 3.8) is 0 Å². The maximum absolute atomic E-state index is 10.5. The first-order chi connectivity index (χ1) is 16.1. The Morgan fingerprint density at radius 2 is 1.91 bits per heavy atom. The van der Waals surface area contributed by atoms with Crippen molar-refractivity contribution in [3.05, 3.63) is 11.9 Å². The summed E-state index contributed by atoms with van der Waals surface area (Å²) in [6.45, 7) is 3.05. The van der Waals surface area contributed by atoms with E-state index in [2.05, 4.69) is 5.21 Å². The normalized spacial score (nSPS) is 40.4. The quantitative estimate of drug-likeness (QED) is 0.226. The van der Waals surface area contributed by atoms with Crippen molar-refractivity contribution in [2.24, 2.45) is 7.05 Å². The number of aromatic nitrogens is 3. The minimum absolute atomic E-state index is 0.0329. The zero-order valence-corrected chi connectivity index (χ0v) is 19.5. The number of rotatable bonds is 8. The van der Waals surface area contributed by atoms with Crippen LogP contribution < -0.4 is 4.68 Å². The van der Waals surface area contributed by atoms with Crippen molar-refractivity contribution in [1.29, 1.82) is 0 Å². The second-order valence-electron chi connectivity index (χ2n) is 9.20. The van der Waals surface area contributed by atoms with Gasteiger partial charge in [-0.3, -0.25) is 0 Å². The highest BCUT2D eigenvalue weighted by Gasteiger charge is 2.57. The van der Waals surface area contributed by atoms with Crippen LogP contribution >= 0.6 is 0 Å². The van der Waals surface area contributed by atoms with Crippen molar-refractivity contribution in [1.82, 2.24) is 9.90 Å². The second-order valence-corrected chi connectivity index (χ2v) is 9.20. The molecule has 5 N–H and O–H groups in total. The molecule has 0 radical (unpaired) electrons. The van der Waals surface area contributed by atoms with Gasteiger partial charge in [-0.05, 0) is 13.8 Å². The molecular weight excluding hydrogens is 458 g/mol. The molecule has 1 aromatic rings. The number of nitrogens with zero attached hydrogens (tertiary/aromatic N) is 3. The summed E-state index contributed by atoms with van der Waals surface area (Å²) in [5.41, 5.74) is 0.568. The highest BCUT2D eigenvalue weighted by atomic mass is 16.8. The summed E-state index contributed by atoms with van der Waals surface area (Å²) in [6.07, 6.45) is -8.79. The van der Waals surface area contributed by atoms with Crippen LogP contribution in [0.2, 0.25) is 0 Å². The molecule has 3 saturated heterocycles. The van der Waals surface area contributed by atoms with Gasteiger partial charge >= 0.3 is 0 Å². The van der Waals surface area contributed by atoms with Gasteiger partial charge in [0.2, 0.25) is 0 Å². The molecule has 194 valence electrons. The highest BCUT2D eigenvalue weighted by molar-refractivity contribution is 4.98. The summed E-state index contributed by atoms with van der Waals surface area (Å²) in [5.74, 6) is -0.868. The zero-order valence-electron chi connectivity index (χ0n) is 19.5. The molecule has 10 atom stereocenters. The zero-order chi connectivity index (χ0) is 24.8. The summed E-state index contributed by atoms with van der Waals surface area (Å²) < 4.78 is 37.1. The Morgan fingerprint density at radius 1 is 1.18 bits per heavy atom. The van der Waals surface area contributed by atoms with E-state index in [9.17, 15) is 25.5 Å². The van der Waals surface area contributed by atoms with Gasteiger partial charge < -0.3 is 54.0 Å². The van der Waals surface area contributed by atoms with E-state index in [4.69, 9.17) is 28.4 Å². The van der Waals surface area contributed by atoms with Crippen LogP contribution in [0, 0.1) is 0 Å². The maximum atomic E-state index is 10.5. The summed E-state index contributed by atoms with van der Waals surface area (Å²) in [6, 6.07) is 0. The van der Waals surface area contributed by atoms with E-state index < -0.39 is 73.7 Å². The van der Waals surface area contributed by atoms with E-state index in [1.807, 2.05) is 0 Å². The van der Waals surface area contributed by atoms with E-state index in [1.165, 1.54) is 16.5 Å². The van der Waals surface area contributed by atoms with Crippen LogP contribution in [0.15, 0.2) is 6.20 Å². The first-order valence-corrected chi connectivity index (χ1v) is 11.1. The van der Waals surface area contributed by atoms with Crippen LogP contribution in [0.3, 0.4) is 0 Å². The van der Waals surface area contributed by atoms with Gasteiger partial charge in [-0.2, -0.15) is 0 Å². The van der Waals surface area contributed by atoms with Gasteiger partial charge in [-0.15, -0.1) is 9.36 Å². The van der Waals surface area contributed by atoms with Gasteiger partial charge in [0.1, 0.15) is 56.4 Å². The summed E-state index contributed by atoms with van der Waals surface area (Å²) >= 11 is 0. The summed E-state index contributed by atoms with van der Waals surface area (Å²) in [7, 11) is 3.13. The molecule has 0 unspecified atom stereocenters. The molecule has 0 aromatic carbocycles. The number of ether oxygens (including phenoxy) is 6. The SMILES string of the molecule is COC[C@@H](O)[C@H]1O[C@@H]2OC(C)(C)O[C@@H]2[C@H]1OCc1c[n+]([C@@H]2O[C@H](CO)[C@@H](O)[C@H](O)[C@H]2O)nn1C. The third-order valence-electron chi connectivity index (χ3n) is 6.23. The molecule has 0 spiro atoms. The summed E-state index contributed by atoms with van der Waals surface area (Å²) in [4.78, 5) is 0. The van der Waals surface area contributed by atoms with Crippen LogP contribution in [0.5, 0.6) is 0 Å². The van der Waals surface area contributed by atoms with Gasteiger partial charge in [-0.25, -0.2) is 0 Å². The van der Waals surface area contributed by atoms with Crippen molar-refractivity contribution in [3.8, 4) is 0 Å². The number of aliphatic hydroxyl groups is 5. The predicted molar refractivity (Wildman–Crippen MR) is 108 cm³/mol. The van der Waals surface area contributed by atoms with Gasteiger partial charge in [-0.1, -0.05) is 0 Å². The molecular formula is C20H34N3O11+. The fourth-order valence-electron chi connectivity index (χ4n) is 4.48. The first-order valence-electron chi connectivity index (χ1n) is 11.1.